The molecule has 0 bridgehead atoms. The summed E-state index contributed by atoms with van der Waals surface area (Å²) in [6.07, 6.45) is 1.88. The summed E-state index contributed by atoms with van der Waals surface area (Å²) in [5, 5.41) is 3.39. The van der Waals surface area contributed by atoms with Gasteiger partial charge in [0.05, 0.1) is 19.1 Å². The predicted octanol–water partition coefficient (Wildman–Crippen LogP) is 2.99. The van der Waals surface area contributed by atoms with Crippen molar-refractivity contribution in [2.45, 2.75) is 45.2 Å². The molecule has 0 aliphatic heterocycles. The first-order valence-electron chi connectivity index (χ1n) is 10.1. The Morgan fingerprint density at radius 3 is 2.27 bits per heavy atom. The Morgan fingerprint density at radius 2 is 1.77 bits per heavy atom. The highest BCUT2D eigenvalue weighted by Gasteiger charge is 2.32. The summed E-state index contributed by atoms with van der Waals surface area (Å²) in [5.74, 6) is 0.886. The number of hydrogen-bond donors (Lipinski definition) is 1. The van der Waals surface area contributed by atoms with Crippen molar-refractivity contribution in [2.75, 3.05) is 37.0 Å². The van der Waals surface area contributed by atoms with Gasteiger partial charge in [0.25, 0.3) is 0 Å². The Bertz CT molecular complexity index is 492. The van der Waals surface area contributed by atoms with Crippen molar-refractivity contribution in [3.63, 3.8) is 0 Å². The van der Waals surface area contributed by atoms with Gasteiger partial charge in [-0.3, -0.25) is 9.59 Å². The second-order valence-corrected chi connectivity index (χ2v) is 9.78. The van der Waals surface area contributed by atoms with Gasteiger partial charge in [0.1, 0.15) is 6.04 Å². The molecular formula is C17H33NO4P2S2. The highest BCUT2D eigenvalue weighted by atomic mass is 33.1. The lowest BCUT2D eigenvalue weighted by molar-refractivity contribution is -0.147. The summed E-state index contributed by atoms with van der Waals surface area (Å²) in [6, 6.07) is -0.0868. The van der Waals surface area contributed by atoms with Crippen LogP contribution in [-0.4, -0.2) is 61.0 Å². The highest BCUT2D eigenvalue weighted by Crippen LogP contribution is 2.30. The summed E-state index contributed by atoms with van der Waals surface area (Å²) in [7, 11) is 7.68. The van der Waals surface area contributed by atoms with Crippen molar-refractivity contribution in [3.8, 4) is 0 Å². The van der Waals surface area contributed by atoms with Gasteiger partial charge in [0, 0.05) is 20.3 Å². The Labute approximate surface area is 173 Å². The number of hydrogen-bond acceptors (Lipinski definition) is 7. The summed E-state index contributed by atoms with van der Waals surface area (Å²) in [5.41, 5.74) is 0. The first-order valence-corrected chi connectivity index (χ1v) is 12.8. The van der Waals surface area contributed by atoms with Crippen molar-refractivity contribution in [2.24, 2.45) is 11.8 Å². The topological polar surface area (TPSA) is 64.6 Å². The van der Waals surface area contributed by atoms with E-state index in [4.69, 9.17) is 12.2 Å². The molecule has 0 aromatic rings. The number of ether oxygens (including phenoxy) is 2. The number of rotatable bonds is 14. The van der Waals surface area contributed by atoms with Crippen molar-refractivity contribution >= 4 is 52.0 Å². The molecule has 26 heavy (non-hydrogen) atoms. The zero-order valence-electron chi connectivity index (χ0n) is 17.5. The van der Waals surface area contributed by atoms with Gasteiger partial charge in [-0.25, -0.2) is 0 Å². The second kappa shape index (κ2) is 14.5. The van der Waals surface area contributed by atoms with Gasteiger partial charge >= 0.3 is 11.9 Å². The van der Waals surface area contributed by atoms with Gasteiger partial charge in [-0.15, -0.1) is 18.5 Å². The van der Waals surface area contributed by atoms with Gasteiger partial charge in [0.15, 0.2) is 0 Å². The SMILES string of the molecule is [3H]C(P)COC(=O)[C@@H](CC)CSSC[C@@H](NC1CCC1C)C(=O)OCC([3H])P. The van der Waals surface area contributed by atoms with Crippen LogP contribution in [-0.2, 0) is 19.1 Å². The average molecular weight is 446 g/mol. The number of carbonyl (C=O) groups excluding carboxylic acids is 2. The van der Waals surface area contributed by atoms with Gasteiger partial charge < -0.3 is 14.8 Å². The van der Waals surface area contributed by atoms with E-state index in [9.17, 15) is 9.59 Å². The molecule has 5 nitrogen and oxygen atoms in total. The number of carbonyl (C=O) groups is 2. The third kappa shape index (κ3) is 9.10. The molecule has 0 saturated heterocycles. The standard InChI is InChI=1S/C17H33NO4P2S2/c1-3-13(16(19)21-6-8-23)10-25-26-11-15(17(20)22-7-9-24)18-14-5-4-12(14)2/h12-15,18H,3-11,23-24H2,1-2H3/t12?,13-,14?,15+/m0/s1/i8T,9T/t8?,9?,12?,13-,14?,15+. The maximum absolute atomic E-state index is 12.4. The van der Waals surface area contributed by atoms with E-state index < -0.39 is 18.3 Å². The van der Waals surface area contributed by atoms with Crippen LogP contribution in [0.3, 0.4) is 0 Å². The van der Waals surface area contributed by atoms with E-state index in [-0.39, 0.29) is 31.1 Å². The van der Waals surface area contributed by atoms with Crippen LogP contribution >= 0.6 is 40.1 Å². The molecule has 1 aliphatic rings. The van der Waals surface area contributed by atoms with E-state index in [0.717, 1.165) is 12.8 Å². The predicted molar refractivity (Wildman–Crippen MR) is 119 cm³/mol. The highest BCUT2D eigenvalue weighted by molar-refractivity contribution is 8.76. The molecule has 6 unspecified atom stereocenters. The summed E-state index contributed by atoms with van der Waals surface area (Å²) in [6.45, 7) is 4.26. The molecule has 0 heterocycles. The molecule has 1 N–H and O–H groups in total. The first kappa shape index (κ1) is 21.2. The van der Waals surface area contributed by atoms with E-state index in [0.29, 0.717) is 29.9 Å². The van der Waals surface area contributed by atoms with Crippen LogP contribution in [0.4, 0.5) is 0 Å². The van der Waals surface area contributed by atoms with Crippen LogP contribution in [0, 0.1) is 11.8 Å². The van der Waals surface area contributed by atoms with Crippen molar-refractivity contribution < 1.29 is 21.8 Å². The van der Waals surface area contributed by atoms with Gasteiger partial charge in [-0.2, -0.15) is 0 Å². The first-order chi connectivity index (χ1) is 13.2. The van der Waals surface area contributed by atoms with Crippen LogP contribution < -0.4 is 5.32 Å². The third-order valence-corrected chi connectivity index (χ3v) is 7.25. The molecular weight excluding hydrogens is 408 g/mol. The van der Waals surface area contributed by atoms with Crippen molar-refractivity contribution in [3.05, 3.63) is 0 Å². The molecule has 0 amide bonds. The minimum atomic E-state index is -0.518. The smallest absolute Gasteiger partial charge is 0.324 e. The zero-order valence-corrected chi connectivity index (χ0v) is 19.5. The van der Waals surface area contributed by atoms with E-state index in [2.05, 4.69) is 30.7 Å². The summed E-state index contributed by atoms with van der Waals surface area (Å²) >= 11 is 0. The van der Waals surface area contributed by atoms with Crippen LogP contribution in [0.15, 0.2) is 0 Å². The van der Waals surface area contributed by atoms with E-state index in [1.54, 1.807) is 10.8 Å². The molecule has 0 aromatic carbocycles. The second-order valence-electron chi connectivity index (χ2n) is 6.29. The van der Waals surface area contributed by atoms with Crippen LogP contribution in [0.5, 0.6) is 0 Å². The van der Waals surface area contributed by atoms with E-state index in [1.165, 1.54) is 10.8 Å². The molecule has 9 heteroatoms. The minimum Gasteiger partial charge on any atom is -0.465 e. The molecule has 0 spiro atoms. The molecule has 1 fully saturated rings. The number of esters is 2. The zero-order chi connectivity index (χ0) is 21.1. The normalized spacial score (nSPS) is 25.1. The largest absolute Gasteiger partial charge is 0.465 e. The molecule has 0 aromatic heterocycles. The molecule has 1 aliphatic carbocycles. The number of nitrogens with one attached hydrogen (secondary N) is 1. The fourth-order valence-electron chi connectivity index (χ4n) is 2.43. The molecule has 8 atom stereocenters. The molecule has 0 radical (unpaired) electrons. The Hall–Kier alpha value is 0.460. The van der Waals surface area contributed by atoms with Gasteiger partial charge in [-0.1, -0.05) is 35.4 Å². The fraction of sp³-hybridized carbons (Fsp3) is 0.882. The minimum absolute atomic E-state index is 0.0656. The molecule has 1 rings (SSSR count). The van der Waals surface area contributed by atoms with Crippen molar-refractivity contribution in [1.29, 1.82) is 0 Å². The van der Waals surface area contributed by atoms with Gasteiger partial charge in [-0.05, 0) is 37.5 Å². The Kier molecular flexibility index (Phi) is 11.8. The lowest BCUT2D eigenvalue weighted by Gasteiger charge is -2.37. The fourth-order valence-corrected chi connectivity index (χ4v) is 5.20. The van der Waals surface area contributed by atoms with E-state index >= 15 is 0 Å². The average Bonchev–Trinajstić information content (AvgIpc) is 2.65. The molecule has 1 saturated carbocycles. The van der Waals surface area contributed by atoms with Crippen LogP contribution in [0.2, 0.25) is 0 Å². The summed E-state index contributed by atoms with van der Waals surface area (Å²) < 4.78 is 25.2. The Morgan fingerprint density at radius 1 is 1.15 bits per heavy atom. The van der Waals surface area contributed by atoms with Crippen LogP contribution in [0.25, 0.3) is 0 Å². The quantitative estimate of drug-likeness (QED) is 0.191. The molecule has 152 valence electrons. The van der Waals surface area contributed by atoms with Crippen molar-refractivity contribution in [1.82, 2.24) is 5.32 Å². The third-order valence-electron chi connectivity index (χ3n) is 4.38. The maximum Gasteiger partial charge on any atom is 0.324 e. The van der Waals surface area contributed by atoms with Gasteiger partial charge in [0.2, 0.25) is 0 Å². The monoisotopic (exact) mass is 445 g/mol. The Balaban J connectivity index is 2.43. The lowest BCUT2D eigenvalue weighted by Crippen LogP contribution is -2.52. The van der Waals surface area contributed by atoms with E-state index in [1.807, 2.05) is 6.92 Å². The maximum atomic E-state index is 12.4. The van der Waals surface area contributed by atoms with Crippen LogP contribution in [0.1, 0.15) is 35.9 Å². The summed E-state index contributed by atoms with van der Waals surface area (Å²) in [4.78, 5) is 24.4. The lowest BCUT2D eigenvalue weighted by atomic mass is 9.81.